The van der Waals surface area contributed by atoms with Crippen LogP contribution >= 0.6 is 23.2 Å². The van der Waals surface area contributed by atoms with Gasteiger partial charge in [-0.1, -0.05) is 60.1 Å². The second kappa shape index (κ2) is 13.5. The molecule has 0 aromatic heterocycles. The number of allylic oxidation sites excluding steroid dienone is 2. The summed E-state index contributed by atoms with van der Waals surface area (Å²) in [5, 5.41) is 12.2. The van der Waals surface area contributed by atoms with E-state index in [-0.39, 0.29) is 41.6 Å². The van der Waals surface area contributed by atoms with Crippen LogP contribution in [0.5, 0.6) is 0 Å². The zero-order valence-corrected chi connectivity index (χ0v) is 27.2. The van der Waals surface area contributed by atoms with Crippen LogP contribution in [0.2, 0.25) is 5.02 Å². The van der Waals surface area contributed by atoms with Crippen molar-refractivity contribution in [3.8, 4) is 6.07 Å². The standard InChI is InChI=1S/C35H32Cl2F2N6O2/c1-4-31(46)45-11-10-44(18-23(45)16-41-2)34-26-13-28(36)25(24-7-5-6-20-8-9-29(39)33(37)32(20)24)14-30(26)42-35(27(34)15-40)47-19-22-12-21(38)17-43(22)3/h4-9,13-14,21-23,26,30H,1,10-12,16-19H2,3H3/t21-,22+,23+,26?,30?/m1/s1. The highest BCUT2D eigenvalue weighted by Crippen LogP contribution is 2.44. The first-order chi connectivity index (χ1) is 22.6. The van der Waals surface area contributed by atoms with Gasteiger partial charge >= 0.3 is 0 Å². The average molecular weight is 678 g/mol. The van der Waals surface area contributed by atoms with Gasteiger partial charge in [-0.25, -0.2) is 20.3 Å². The predicted octanol–water partition coefficient (Wildman–Crippen LogP) is 6.00. The van der Waals surface area contributed by atoms with Crippen LogP contribution in [0, 0.1) is 29.6 Å². The van der Waals surface area contributed by atoms with Crippen molar-refractivity contribution in [1.82, 2.24) is 14.7 Å². The molecule has 0 spiro atoms. The molecule has 4 aliphatic rings. The van der Waals surface area contributed by atoms with Crippen molar-refractivity contribution in [2.24, 2.45) is 10.9 Å². The number of carbonyl (C=O) groups excluding carboxylic acids is 1. The summed E-state index contributed by atoms with van der Waals surface area (Å²) in [6.07, 6.45) is 4.31. The third-order valence-electron chi connectivity index (χ3n) is 9.31. The Balaban J connectivity index is 1.43. The summed E-state index contributed by atoms with van der Waals surface area (Å²) in [7, 11) is 1.83. The molecule has 0 saturated carbocycles. The highest BCUT2D eigenvalue weighted by Gasteiger charge is 2.42. The molecular weight excluding hydrogens is 645 g/mol. The Morgan fingerprint density at radius 1 is 1.23 bits per heavy atom. The first kappa shape index (κ1) is 32.7. The largest absolute Gasteiger partial charge is 0.475 e. The molecule has 0 bridgehead atoms. The zero-order valence-electron chi connectivity index (χ0n) is 25.7. The number of piperazine rings is 1. The highest BCUT2D eigenvalue weighted by molar-refractivity contribution is 6.40. The Hall–Kier alpha value is -4.22. The third kappa shape index (κ3) is 6.14. The number of halogens is 4. The summed E-state index contributed by atoms with van der Waals surface area (Å²) in [6.45, 7) is 12.7. The molecule has 2 saturated heterocycles. The molecule has 2 fully saturated rings. The molecule has 6 rings (SSSR count). The molecule has 5 atom stereocenters. The Morgan fingerprint density at radius 2 is 2.04 bits per heavy atom. The fourth-order valence-electron chi connectivity index (χ4n) is 7.00. The number of rotatable bonds is 6. The minimum Gasteiger partial charge on any atom is -0.475 e. The molecule has 2 aromatic rings. The van der Waals surface area contributed by atoms with Crippen molar-refractivity contribution in [2.75, 3.05) is 46.4 Å². The fraction of sp³-hybridized carbons (Fsp3) is 0.371. The summed E-state index contributed by atoms with van der Waals surface area (Å²) >= 11 is 13.5. The van der Waals surface area contributed by atoms with Crippen molar-refractivity contribution in [3.05, 3.63) is 99.3 Å². The molecule has 1 aliphatic carbocycles. The second-order valence-corrected chi connectivity index (χ2v) is 12.9. The van der Waals surface area contributed by atoms with Gasteiger partial charge in [0.1, 0.15) is 36.3 Å². The number of ether oxygens (including phenoxy) is 1. The first-order valence-electron chi connectivity index (χ1n) is 15.3. The van der Waals surface area contributed by atoms with Crippen LogP contribution in [-0.4, -0.2) is 97.2 Å². The number of dihydropyridines is 1. The normalized spacial score (nSPS) is 26.2. The van der Waals surface area contributed by atoms with Crippen molar-refractivity contribution in [3.63, 3.8) is 0 Å². The Bertz CT molecular complexity index is 1840. The van der Waals surface area contributed by atoms with Gasteiger partial charge in [-0.05, 0) is 48.2 Å². The van der Waals surface area contributed by atoms with Crippen molar-refractivity contribution >= 4 is 51.4 Å². The van der Waals surface area contributed by atoms with Crippen LogP contribution in [0.25, 0.3) is 21.2 Å². The number of nitrogens with zero attached hydrogens (tertiary/aromatic N) is 6. The fourth-order valence-corrected chi connectivity index (χ4v) is 7.57. The lowest BCUT2D eigenvalue weighted by molar-refractivity contribution is -0.130. The lowest BCUT2D eigenvalue weighted by atomic mass is 9.82. The number of hydrogen-bond donors (Lipinski definition) is 0. The van der Waals surface area contributed by atoms with Crippen molar-refractivity contribution in [2.45, 2.75) is 30.7 Å². The number of likely N-dealkylation sites (tertiary alicyclic amines) is 1. The summed E-state index contributed by atoms with van der Waals surface area (Å²) in [6, 6.07) is 9.61. The van der Waals surface area contributed by atoms with Crippen LogP contribution in [0.4, 0.5) is 8.78 Å². The van der Waals surface area contributed by atoms with Gasteiger partial charge in [-0.3, -0.25) is 9.69 Å². The summed E-state index contributed by atoms with van der Waals surface area (Å²) < 4.78 is 35.1. The first-order valence-corrected chi connectivity index (χ1v) is 16.1. The SMILES string of the molecule is [C-]#[N+]C[C@H]1CN(C2=C(C#N)C(OC[C@@H]3C[C@@H](F)CN3C)=NC3C=C(c4cccc5ccc(F)c(Cl)c45)C(Cl)=CC23)CCN1C(=O)C=C. The van der Waals surface area contributed by atoms with Gasteiger partial charge in [0.25, 0.3) is 0 Å². The van der Waals surface area contributed by atoms with E-state index >= 15 is 0 Å². The predicted molar refractivity (Wildman–Crippen MR) is 179 cm³/mol. The number of likely N-dealkylation sites (N-methyl/N-ethyl adjacent to an activating group) is 1. The molecule has 242 valence electrons. The minimum atomic E-state index is -0.963. The molecule has 47 heavy (non-hydrogen) atoms. The minimum absolute atomic E-state index is 0.0150. The molecule has 0 N–H and O–H groups in total. The van der Waals surface area contributed by atoms with Gasteiger partial charge in [0.2, 0.25) is 18.3 Å². The number of alkyl halides is 1. The van der Waals surface area contributed by atoms with Crippen LogP contribution < -0.4 is 0 Å². The number of fused-ring (bicyclic) bond motifs is 2. The van der Waals surface area contributed by atoms with Crippen LogP contribution in [0.15, 0.2) is 76.4 Å². The second-order valence-electron chi connectivity index (χ2n) is 12.1. The van der Waals surface area contributed by atoms with Crippen molar-refractivity contribution < 1.29 is 18.3 Å². The molecular formula is C35H32Cl2F2N6O2. The molecule has 3 aliphatic heterocycles. The number of aliphatic imine (C=N–C) groups is 1. The van der Waals surface area contributed by atoms with Crippen molar-refractivity contribution in [1.29, 1.82) is 5.26 Å². The molecule has 2 aromatic carbocycles. The lowest BCUT2D eigenvalue weighted by Crippen LogP contribution is -2.57. The number of amides is 1. The molecule has 2 unspecified atom stereocenters. The van der Waals surface area contributed by atoms with E-state index in [2.05, 4.69) is 17.5 Å². The Morgan fingerprint density at radius 3 is 2.74 bits per heavy atom. The van der Waals surface area contributed by atoms with Gasteiger partial charge in [0.05, 0.1) is 11.1 Å². The average Bonchev–Trinajstić information content (AvgIpc) is 3.40. The van der Waals surface area contributed by atoms with E-state index in [4.69, 9.17) is 39.5 Å². The van der Waals surface area contributed by atoms with Gasteiger partial charge in [-0.2, -0.15) is 5.26 Å². The van der Waals surface area contributed by atoms with E-state index in [0.29, 0.717) is 59.9 Å². The molecule has 0 radical (unpaired) electrons. The van der Waals surface area contributed by atoms with E-state index in [0.717, 1.165) is 5.39 Å². The molecule has 3 heterocycles. The lowest BCUT2D eigenvalue weighted by Gasteiger charge is -2.44. The third-order valence-corrected chi connectivity index (χ3v) is 10.0. The number of hydrogen-bond acceptors (Lipinski definition) is 6. The maximum atomic E-state index is 14.6. The molecule has 12 heteroatoms. The quantitative estimate of drug-likeness (QED) is 0.277. The monoisotopic (exact) mass is 676 g/mol. The van der Waals surface area contributed by atoms with E-state index < -0.39 is 30.0 Å². The Labute approximate surface area is 282 Å². The maximum absolute atomic E-state index is 14.6. The van der Waals surface area contributed by atoms with Crippen LogP contribution in [0.1, 0.15) is 12.0 Å². The van der Waals surface area contributed by atoms with Crippen LogP contribution in [-0.2, 0) is 9.53 Å². The molecule has 1 amide bonds. The number of carbonyl (C=O) groups is 1. The topological polar surface area (TPSA) is 76.5 Å². The van der Waals surface area contributed by atoms with Gasteiger partial charge in [0, 0.05) is 54.3 Å². The number of benzene rings is 2. The van der Waals surface area contributed by atoms with E-state index in [9.17, 15) is 18.8 Å². The molecule has 8 nitrogen and oxygen atoms in total. The summed E-state index contributed by atoms with van der Waals surface area (Å²) in [5.74, 6) is -1.15. The highest BCUT2D eigenvalue weighted by atomic mass is 35.5. The van der Waals surface area contributed by atoms with Crippen LogP contribution in [0.3, 0.4) is 0 Å². The van der Waals surface area contributed by atoms with Gasteiger partial charge < -0.3 is 19.4 Å². The summed E-state index contributed by atoms with van der Waals surface area (Å²) in [4.78, 5) is 26.7. The van der Waals surface area contributed by atoms with E-state index in [1.807, 2.05) is 47.2 Å². The van der Waals surface area contributed by atoms with E-state index in [1.54, 1.807) is 11.0 Å². The maximum Gasteiger partial charge on any atom is 0.246 e. The summed E-state index contributed by atoms with van der Waals surface area (Å²) in [5.41, 5.74) is 2.09. The van der Waals surface area contributed by atoms with Gasteiger partial charge in [-0.15, -0.1) is 0 Å². The van der Waals surface area contributed by atoms with Gasteiger partial charge in [0.15, 0.2) is 0 Å². The number of nitriles is 1. The smallest absolute Gasteiger partial charge is 0.246 e. The van der Waals surface area contributed by atoms with E-state index in [1.165, 1.54) is 12.1 Å². The Kier molecular flexibility index (Phi) is 9.39. The zero-order chi connectivity index (χ0) is 33.4.